The number of carbonyl (C=O) groups excluding carboxylic acids is 3. The molecule has 0 fully saturated rings. The molecule has 0 aromatic heterocycles. The summed E-state index contributed by atoms with van der Waals surface area (Å²) in [5.74, 6) is 0.277. The van der Waals surface area contributed by atoms with Crippen molar-refractivity contribution in [2.75, 3.05) is 20.3 Å². The van der Waals surface area contributed by atoms with Crippen LogP contribution in [-0.4, -0.2) is 49.8 Å². The van der Waals surface area contributed by atoms with Crippen LogP contribution in [0.15, 0.2) is 48.5 Å². The molecule has 3 N–H and O–H groups in total. The smallest absolute Gasteiger partial charge is 0.408 e. The van der Waals surface area contributed by atoms with E-state index in [-0.39, 0.29) is 25.0 Å². The molecule has 0 saturated heterocycles. The summed E-state index contributed by atoms with van der Waals surface area (Å²) in [7, 11) is 1.50. The van der Waals surface area contributed by atoms with Crippen molar-refractivity contribution in [3.8, 4) is 11.5 Å². The van der Waals surface area contributed by atoms with E-state index in [2.05, 4.69) is 16.0 Å². The lowest BCUT2D eigenvalue weighted by molar-refractivity contribution is -0.123. The average Bonchev–Trinajstić information content (AvgIpc) is 2.80. The van der Waals surface area contributed by atoms with Gasteiger partial charge in [-0.05, 0) is 51.0 Å². The maximum absolute atomic E-state index is 13.0. The fourth-order valence-corrected chi connectivity index (χ4v) is 3.15. The lowest BCUT2D eigenvalue weighted by Crippen LogP contribution is -2.49. The Bertz CT molecular complexity index is 988. The first-order chi connectivity index (χ1) is 16.6. The second kappa shape index (κ2) is 13.2. The van der Waals surface area contributed by atoms with Crippen molar-refractivity contribution in [3.05, 3.63) is 59.7 Å². The van der Waals surface area contributed by atoms with Gasteiger partial charge in [-0.15, -0.1) is 0 Å². The molecule has 190 valence electrons. The molecule has 0 spiro atoms. The number of alkyl carbamates (subject to hydrolysis) is 1. The van der Waals surface area contributed by atoms with Crippen LogP contribution in [0.1, 0.15) is 38.8 Å². The molecule has 3 amide bonds. The van der Waals surface area contributed by atoms with Gasteiger partial charge < -0.3 is 30.2 Å². The molecular weight excluding hydrogens is 450 g/mol. The number of benzene rings is 2. The Balaban J connectivity index is 2.05. The van der Waals surface area contributed by atoms with E-state index >= 15 is 0 Å². The second-order valence-corrected chi connectivity index (χ2v) is 8.83. The van der Waals surface area contributed by atoms with Crippen molar-refractivity contribution in [2.45, 2.75) is 52.3 Å². The van der Waals surface area contributed by atoms with Gasteiger partial charge in [0.05, 0.1) is 7.11 Å². The Labute approximate surface area is 206 Å². The summed E-state index contributed by atoms with van der Waals surface area (Å²) in [5.41, 5.74) is 0.977. The molecular formula is C26H35N3O6. The molecule has 9 heteroatoms. The van der Waals surface area contributed by atoms with Gasteiger partial charge in [-0.2, -0.15) is 0 Å². The van der Waals surface area contributed by atoms with E-state index in [4.69, 9.17) is 14.2 Å². The van der Waals surface area contributed by atoms with E-state index in [1.165, 1.54) is 7.11 Å². The van der Waals surface area contributed by atoms with E-state index in [1.54, 1.807) is 39.0 Å². The summed E-state index contributed by atoms with van der Waals surface area (Å²) in [4.78, 5) is 37.0. The molecule has 9 nitrogen and oxygen atoms in total. The summed E-state index contributed by atoms with van der Waals surface area (Å²) in [5, 5.41) is 8.19. The van der Waals surface area contributed by atoms with Crippen LogP contribution in [0, 0.1) is 0 Å². The van der Waals surface area contributed by atoms with E-state index < -0.39 is 17.7 Å². The minimum atomic E-state index is -0.825. The Morgan fingerprint density at radius 1 is 0.943 bits per heavy atom. The van der Waals surface area contributed by atoms with Gasteiger partial charge in [0.15, 0.2) is 18.1 Å². The molecule has 0 bridgehead atoms. The number of hydrogen-bond donors (Lipinski definition) is 3. The molecule has 35 heavy (non-hydrogen) atoms. The second-order valence-electron chi connectivity index (χ2n) is 8.83. The van der Waals surface area contributed by atoms with Crippen molar-refractivity contribution >= 4 is 17.9 Å². The van der Waals surface area contributed by atoms with E-state index in [9.17, 15) is 14.4 Å². The van der Waals surface area contributed by atoms with Gasteiger partial charge in [-0.1, -0.05) is 36.4 Å². The number of hydrogen-bond acceptors (Lipinski definition) is 6. The van der Waals surface area contributed by atoms with E-state index in [1.807, 2.05) is 37.3 Å². The van der Waals surface area contributed by atoms with Crippen molar-refractivity contribution in [2.24, 2.45) is 0 Å². The molecule has 2 aromatic rings. The first-order valence-electron chi connectivity index (χ1n) is 11.5. The monoisotopic (exact) mass is 485 g/mol. The first kappa shape index (κ1) is 27.5. The Hall–Kier alpha value is -3.75. The number of ether oxygens (including phenoxy) is 3. The van der Waals surface area contributed by atoms with Crippen molar-refractivity contribution < 1.29 is 28.6 Å². The van der Waals surface area contributed by atoms with Gasteiger partial charge in [-0.25, -0.2) is 4.79 Å². The fraction of sp³-hybridized carbons (Fsp3) is 0.423. The number of methoxy groups -OCH3 is 1. The minimum absolute atomic E-state index is 0.127. The van der Waals surface area contributed by atoms with Crippen LogP contribution in [0.5, 0.6) is 11.5 Å². The van der Waals surface area contributed by atoms with Crippen molar-refractivity contribution in [1.29, 1.82) is 0 Å². The number of nitrogens with one attached hydrogen (secondary N) is 3. The summed E-state index contributed by atoms with van der Waals surface area (Å²) in [6, 6.07) is 13.8. The van der Waals surface area contributed by atoms with Crippen LogP contribution in [-0.2, 0) is 27.3 Å². The van der Waals surface area contributed by atoms with Crippen molar-refractivity contribution in [1.82, 2.24) is 16.0 Å². The van der Waals surface area contributed by atoms with Gasteiger partial charge in [0.2, 0.25) is 5.91 Å². The molecule has 0 aliphatic heterocycles. The van der Waals surface area contributed by atoms with Gasteiger partial charge in [0.25, 0.3) is 5.91 Å². The standard InChI is InChI=1S/C26H35N3O6/c1-6-27-23(30)17-34-21-13-12-19(15-22(21)33-5)16-28-24(31)20(14-18-10-8-7-9-11-18)29-25(32)35-26(2,3)4/h7-13,15,20H,6,14,16-17H2,1-5H3,(H,27,30)(H,28,31)(H,29,32). The molecule has 0 aliphatic rings. The number of amides is 3. The quantitative estimate of drug-likeness (QED) is 0.451. The fourth-order valence-electron chi connectivity index (χ4n) is 3.15. The van der Waals surface area contributed by atoms with E-state index in [0.29, 0.717) is 24.5 Å². The minimum Gasteiger partial charge on any atom is -0.493 e. The third-order valence-corrected chi connectivity index (χ3v) is 4.72. The highest BCUT2D eigenvalue weighted by Crippen LogP contribution is 2.28. The number of rotatable bonds is 11. The molecule has 0 heterocycles. The molecule has 0 aliphatic carbocycles. The van der Waals surface area contributed by atoms with Crippen molar-refractivity contribution in [3.63, 3.8) is 0 Å². The van der Waals surface area contributed by atoms with Crippen LogP contribution < -0.4 is 25.4 Å². The molecule has 2 aromatic carbocycles. The van der Waals surface area contributed by atoms with E-state index in [0.717, 1.165) is 11.1 Å². The summed E-state index contributed by atoms with van der Waals surface area (Å²) >= 11 is 0. The zero-order chi connectivity index (χ0) is 25.8. The topological polar surface area (TPSA) is 115 Å². The highest BCUT2D eigenvalue weighted by molar-refractivity contribution is 5.86. The zero-order valence-corrected chi connectivity index (χ0v) is 21.0. The van der Waals surface area contributed by atoms with Crippen LogP contribution in [0.2, 0.25) is 0 Å². The predicted octanol–water partition coefficient (Wildman–Crippen LogP) is 2.96. The summed E-state index contributed by atoms with van der Waals surface area (Å²) in [6.07, 6.45) is -0.356. The first-order valence-corrected chi connectivity index (χ1v) is 11.5. The number of likely N-dealkylation sites (N-methyl/N-ethyl adjacent to an activating group) is 1. The molecule has 1 atom stereocenters. The van der Waals surface area contributed by atoms with Gasteiger partial charge in [-0.3, -0.25) is 9.59 Å². The maximum Gasteiger partial charge on any atom is 0.408 e. The highest BCUT2D eigenvalue weighted by Gasteiger charge is 2.24. The third-order valence-electron chi connectivity index (χ3n) is 4.72. The van der Waals surface area contributed by atoms with Crippen LogP contribution in [0.3, 0.4) is 0 Å². The number of carbonyl (C=O) groups is 3. The van der Waals surface area contributed by atoms with Gasteiger partial charge in [0.1, 0.15) is 11.6 Å². The lowest BCUT2D eigenvalue weighted by Gasteiger charge is -2.23. The van der Waals surface area contributed by atoms with Crippen LogP contribution in [0.4, 0.5) is 4.79 Å². The molecule has 0 radical (unpaired) electrons. The SMILES string of the molecule is CCNC(=O)COc1ccc(CNC(=O)C(Cc2ccccc2)NC(=O)OC(C)(C)C)cc1OC. The molecule has 2 rings (SSSR count). The molecule has 1 unspecified atom stereocenters. The average molecular weight is 486 g/mol. The summed E-state index contributed by atoms with van der Waals surface area (Å²) in [6.45, 7) is 7.70. The van der Waals surface area contributed by atoms with Crippen LogP contribution in [0.25, 0.3) is 0 Å². The summed E-state index contributed by atoms with van der Waals surface area (Å²) < 4.78 is 16.2. The Morgan fingerprint density at radius 2 is 1.66 bits per heavy atom. The van der Waals surface area contributed by atoms with Crippen LogP contribution >= 0.6 is 0 Å². The predicted molar refractivity (Wildman–Crippen MR) is 132 cm³/mol. The Kier molecular flexibility index (Phi) is 10.4. The van der Waals surface area contributed by atoms with Gasteiger partial charge in [0, 0.05) is 19.5 Å². The van der Waals surface area contributed by atoms with Gasteiger partial charge >= 0.3 is 6.09 Å². The molecule has 0 saturated carbocycles. The zero-order valence-electron chi connectivity index (χ0n) is 21.0. The Morgan fingerprint density at radius 3 is 2.29 bits per heavy atom. The normalized spacial score (nSPS) is 11.7. The third kappa shape index (κ3) is 9.95. The maximum atomic E-state index is 13.0. The largest absolute Gasteiger partial charge is 0.493 e. The lowest BCUT2D eigenvalue weighted by atomic mass is 10.1. The highest BCUT2D eigenvalue weighted by atomic mass is 16.6.